The van der Waals surface area contributed by atoms with Crippen LogP contribution >= 0.6 is 0 Å². The SMILES string of the molecule is CC(O)COC(=O)c1ccccc1C(=O)O.CCCCCOC=C(C)C. The van der Waals surface area contributed by atoms with Crippen LogP contribution in [0.15, 0.2) is 36.1 Å². The van der Waals surface area contributed by atoms with Crippen LogP contribution in [0.1, 0.15) is 67.7 Å². The first-order valence-electron chi connectivity index (χ1n) is 8.72. The molecule has 6 heteroatoms. The summed E-state index contributed by atoms with van der Waals surface area (Å²) in [6.45, 7) is 8.46. The molecule has 2 N–H and O–H groups in total. The molecular weight excluding hydrogens is 336 g/mol. The molecule has 0 bridgehead atoms. The highest BCUT2D eigenvalue weighted by Crippen LogP contribution is 2.10. The van der Waals surface area contributed by atoms with Crippen molar-refractivity contribution in [1.29, 1.82) is 0 Å². The molecule has 0 aliphatic heterocycles. The van der Waals surface area contributed by atoms with E-state index in [0.29, 0.717) is 0 Å². The lowest BCUT2D eigenvalue weighted by atomic mass is 10.1. The van der Waals surface area contributed by atoms with Crippen molar-refractivity contribution in [2.75, 3.05) is 13.2 Å². The van der Waals surface area contributed by atoms with E-state index in [1.807, 2.05) is 20.1 Å². The van der Waals surface area contributed by atoms with Gasteiger partial charge in [-0.05, 0) is 44.9 Å². The second-order valence-electron chi connectivity index (χ2n) is 6.07. The number of carboxylic acid groups (broad SMARTS) is 1. The molecule has 0 aromatic heterocycles. The Balaban J connectivity index is 0.000000541. The van der Waals surface area contributed by atoms with Crippen LogP contribution in [0.2, 0.25) is 0 Å². The van der Waals surface area contributed by atoms with Crippen molar-refractivity contribution in [2.24, 2.45) is 0 Å². The summed E-state index contributed by atoms with van der Waals surface area (Å²) in [5.74, 6) is -1.94. The number of aromatic carboxylic acids is 1. The van der Waals surface area contributed by atoms with Crippen molar-refractivity contribution < 1.29 is 29.3 Å². The molecule has 1 atom stereocenters. The number of hydrogen-bond donors (Lipinski definition) is 2. The number of carbonyl (C=O) groups is 2. The summed E-state index contributed by atoms with van der Waals surface area (Å²) in [5, 5.41) is 17.8. The zero-order valence-electron chi connectivity index (χ0n) is 16.0. The molecule has 0 aliphatic carbocycles. The minimum atomic E-state index is -1.19. The number of rotatable bonds is 9. The molecule has 1 aromatic rings. The standard InChI is InChI=1S/C11H12O5.C9H18O/c1-7(12)6-16-11(15)9-5-3-2-4-8(9)10(13)14;1-4-5-6-7-10-8-9(2)3/h2-5,7,12H,6H2,1H3,(H,13,14);8H,4-7H2,1-3H3. The molecule has 0 amide bonds. The van der Waals surface area contributed by atoms with Gasteiger partial charge in [0.05, 0.1) is 30.1 Å². The van der Waals surface area contributed by atoms with E-state index >= 15 is 0 Å². The van der Waals surface area contributed by atoms with Gasteiger partial charge in [-0.15, -0.1) is 0 Å². The summed E-state index contributed by atoms with van der Waals surface area (Å²) in [6, 6.07) is 5.76. The van der Waals surface area contributed by atoms with E-state index in [1.54, 1.807) is 6.07 Å². The van der Waals surface area contributed by atoms with Gasteiger partial charge in [0.1, 0.15) is 6.61 Å². The van der Waals surface area contributed by atoms with Crippen LogP contribution in [-0.4, -0.2) is 41.5 Å². The van der Waals surface area contributed by atoms with Gasteiger partial charge >= 0.3 is 11.9 Å². The fourth-order valence-corrected chi connectivity index (χ4v) is 1.78. The highest BCUT2D eigenvalue weighted by Gasteiger charge is 2.17. The molecule has 6 nitrogen and oxygen atoms in total. The Hall–Kier alpha value is -2.34. The predicted octanol–water partition coefficient (Wildman–Crippen LogP) is 4.04. The third-order valence-corrected chi connectivity index (χ3v) is 3.02. The van der Waals surface area contributed by atoms with E-state index in [4.69, 9.17) is 19.7 Å². The monoisotopic (exact) mass is 366 g/mol. The van der Waals surface area contributed by atoms with Crippen molar-refractivity contribution in [3.63, 3.8) is 0 Å². The van der Waals surface area contributed by atoms with Gasteiger partial charge in [0, 0.05) is 0 Å². The molecule has 0 heterocycles. The number of esters is 1. The van der Waals surface area contributed by atoms with Gasteiger partial charge in [-0.2, -0.15) is 0 Å². The summed E-state index contributed by atoms with van der Waals surface area (Å²) >= 11 is 0. The molecule has 1 rings (SSSR count). The molecule has 0 fully saturated rings. The van der Waals surface area contributed by atoms with Gasteiger partial charge in [-0.3, -0.25) is 0 Å². The molecule has 0 spiro atoms. The molecule has 1 unspecified atom stereocenters. The Morgan fingerprint density at radius 3 is 2.27 bits per heavy atom. The molecule has 0 radical (unpaired) electrons. The van der Waals surface area contributed by atoms with E-state index in [0.717, 1.165) is 6.61 Å². The van der Waals surface area contributed by atoms with Crippen LogP contribution in [0, 0.1) is 0 Å². The van der Waals surface area contributed by atoms with Crippen molar-refractivity contribution in [3.05, 3.63) is 47.2 Å². The first kappa shape index (κ1) is 23.7. The maximum absolute atomic E-state index is 11.5. The molecule has 146 valence electrons. The van der Waals surface area contributed by atoms with Gasteiger partial charge in [0.2, 0.25) is 0 Å². The zero-order chi connectivity index (χ0) is 19.9. The number of ether oxygens (including phenoxy) is 2. The second kappa shape index (κ2) is 13.9. The van der Waals surface area contributed by atoms with Gasteiger partial charge < -0.3 is 19.7 Å². The van der Waals surface area contributed by atoms with Crippen molar-refractivity contribution in [2.45, 2.75) is 53.1 Å². The number of aliphatic hydroxyl groups is 1. The third-order valence-electron chi connectivity index (χ3n) is 3.02. The number of carbonyl (C=O) groups excluding carboxylic acids is 1. The summed E-state index contributed by atoms with van der Waals surface area (Å²) in [6.07, 6.45) is 4.77. The largest absolute Gasteiger partial charge is 0.501 e. The van der Waals surface area contributed by atoms with Crippen LogP contribution < -0.4 is 0 Å². The highest BCUT2D eigenvalue weighted by atomic mass is 16.5. The van der Waals surface area contributed by atoms with E-state index in [-0.39, 0.29) is 17.7 Å². The summed E-state index contributed by atoms with van der Waals surface area (Å²) in [5.41, 5.74) is 1.10. The van der Waals surface area contributed by atoms with Crippen LogP contribution in [-0.2, 0) is 9.47 Å². The van der Waals surface area contributed by atoms with Crippen molar-refractivity contribution in [1.82, 2.24) is 0 Å². The topological polar surface area (TPSA) is 93.1 Å². The normalized spacial score (nSPS) is 10.8. The lowest BCUT2D eigenvalue weighted by Crippen LogP contribution is -2.17. The first-order chi connectivity index (χ1) is 12.3. The molecule has 1 aromatic carbocycles. The van der Waals surface area contributed by atoms with Crippen molar-refractivity contribution in [3.8, 4) is 0 Å². The van der Waals surface area contributed by atoms with Crippen molar-refractivity contribution >= 4 is 11.9 Å². The molecule has 26 heavy (non-hydrogen) atoms. The van der Waals surface area contributed by atoms with Gasteiger partial charge in [0.15, 0.2) is 0 Å². The number of allylic oxidation sites excluding steroid dienone is 1. The number of aliphatic hydroxyl groups excluding tert-OH is 1. The Morgan fingerprint density at radius 2 is 1.77 bits per heavy atom. The minimum Gasteiger partial charge on any atom is -0.501 e. The van der Waals surface area contributed by atoms with Crippen LogP contribution in [0.5, 0.6) is 0 Å². The number of unbranched alkanes of at least 4 members (excludes halogenated alkanes) is 2. The maximum atomic E-state index is 11.5. The fourth-order valence-electron chi connectivity index (χ4n) is 1.78. The Kier molecular flexibility index (Phi) is 12.6. The van der Waals surface area contributed by atoms with E-state index in [9.17, 15) is 9.59 Å². The van der Waals surface area contributed by atoms with Crippen LogP contribution in [0.25, 0.3) is 0 Å². The van der Waals surface area contributed by atoms with E-state index < -0.39 is 18.0 Å². The molecule has 0 aliphatic rings. The molecular formula is C20H30O6. The maximum Gasteiger partial charge on any atom is 0.339 e. The van der Waals surface area contributed by atoms with E-state index in [1.165, 1.54) is 50.0 Å². The quantitative estimate of drug-likeness (QED) is 0.389. The molecule has 0 saturated heterocycles. The molecule has 0 saturated carbocycles. The Bertz CT molecular complexity index is 573. The average Bonchev–Trinajstić information content (AvgIpc) is 2.59. The summed E-state index contributed by atoms with van der Waals surface area (Å²) < 4.78 is 9.96. The van der Waals surface area contributed by atoms with Gasteiger partial charge in [-0.25, -0.2) is 9.59 Å². The Labute approximate surface area is 155 Å². The Morgan fingerprint density at radius 1 is 1.15 bits per heavy atom. The van der Waals surface area contributed by atoms with Crippen LogP contribution in [0.4, 0.5) is 0 Å². The highest BCUT2D eigenvalue weighted by molar-refractivity contribution is 6.02. The van der Waals surface area contributed by atoms with Gasteiger partial charge in [0.25, 0.3) is 0 Å². The second-order valence-corrected chi connectivity index (χ2v) is 6.07. The third kappa shape index (κ3) is 11.3. The zero-order valence-corrected chi connectivity index (χ0v) is 16.0. The fraction of sp³-hybridized carbons (Fsp3) is 0.500. The van der Waals surface area contributed by atoms with Gasteiger partial charge in [-0.1, -0.05) is 31.9 Å². The summed E-state index contributed by atoms with van der Waals surface area (Å²) in [4.78, 5) is 22.3. The van der Waals surface area contributed by atoms with Crippen LogP contribution in [0.3, 0.4) is 0 Å². The minimum absolute atomic E-state index is 0.0179. The smallest absolute Gasteiger partial charge is 0.339 e. The summed E-state index contributed by atoms with van der Waals surface area (Å²) in [7, 11) is 0. The predicted molar refractivity (Wildman–Crippen MR) is 100 cm³/mol. The lowest BCUT2D eigenvalue weighted by Gasteiger charge is -2.08. The first-order valence-corrected chi connectivity index (χ1v) is 8.72. The number of benzene rings is 1. The number of carboxylic acids is 1. The lowest BCUT2D eigenvalue weighted by molar-refractivity contribution is 0.0292. The average molecular weight is 366 g/mol. The number of hydrogen-bond acceptors (Lipinski definition) is 5. The van der Waals surface area contributed by atoms with E-state index in [2.05, 4.69) is 6.92 Å².